The summed E-state index contributed by atoms with van der Waals surface area (Å²) in [6, 6.07) is 13.6. The second kappa shape index (κ2) is 13.2. The van der Waals surface area contributed by atoms with Gasteiger partial charge in [0.25, 0.3) is 0 Å². The maximum Gasteiger partial charge on any atom is 0.160 e. The second-order valence-electron chi connectivity index (χ2n) is 7.48. The third-order valence-electron chi connectivity index (χ3n) is 5.14. The van der Waals surface area contributed by atoms with Crippen LogP contribution >= 0.6 is 0 Å². The number of rotatable bonds is 14. The Hall–Kier alpha value is -2.08. The number of aryl methyl sites for hydroxylation is 1. The first-order valence-corrected chi connectivity index (χ1v) is 10.6. The van der Waals surface area contributed by atoms with Crippen molar-refractivity contribution in [2.75, 3.05) is 26.3 Å². The van der Waals surface area contributed by atoms with Crippen molar-refractivity contribution < 1.29 is 20.1 Å². The Bertz CT molecular complexity index is 706. The van der Waals surface area contributed by atoms with E-state index in [0.29, 0.717) is 17.7 Å². The molecule has 0 radical (unpaired) electrons. The van der Waals surface area contributed by atoms with Gasteiger partial charge < -0.3 is 25.4 Å². The Kier molecular flexibility index (Phi) is 10.6. The Morgan fingerprint density at radius 2 is 1.62 bits per heavy atom. The molecule has 5 nitrogen and oxygen atoms in total. The number of unbranched alkanes of at least 4 members (excludes halogenated alkanes) is 3. The van der Waals surface area contributed by atoms with Crippen molar-refractivity contribution in [2.45, 2.75) is 51.6 Å². The minimum absolute atomic E-state index is 0.161. The first kappa shape index (κ1) is 23.2. The summed E-state index contributed by atoms with van der Waals surface area (Å²) in [4.78, 5) is 0. The van der Waals surface area contributed by atoms with E-state index in [1.165, 1.54) is 11.6 Å². The normalized spacial score (nSPS) is 12.2. The molecule has 0 aliphatic heterocycles. The zero-order chi connectivity index (χ0) is 20.9. The van der Waals surface area contributed by atoms with Crippen molar-refractivity contribution in [2.24, 2.45) is 0 Å². The summed E-state index contributed by atoms with van der Waals surface area (Å²) in [6.45, 7) is 4.61. The zero-order valence-corrected chi connectivity index (χ0v) is 17.4. The van der Waals surface area contributed by atoms with Crippen molar-refractivity contribution in [3.05, 3.63) is 59.2 Å². The highest BCUT2D eigenvalue weighted by Crippen LogP contribution is 2.33. The van der Waals surface area contributed by atoms with E-state index in [4.69, 9.17) is 4.74 Å². The van der Waals surface area contributed by atoms with Crippen molar-refractivity contribution in [3.63, 3.8) is 0 Å². The second-order valence-corrected chi connectivity index (χ2v) is 7.48. The highest BCUT2D eigenvalue weighted by atomic mass is 16.5. The number of phenols is 2. The van der Waals surface area contributed by atoms with Gasteiger partial charge in [0.05, 0.1) is 6.10 Å². The molecule has 0 aliphatic carbocycles. The number of hydrogen-bond acceptors (Lipinski definition) is 5. The van der Waals surface area contributed by atoms with Crippen LogP contribution in [-0.4, -0.2) is 41.6 Å². The lowest BCUT2D eigenvalue weighted by Crippen LogP contribution is -2.23. The van der Waals surface area contributed by atoms with Crippen LogP contribution in [0.3, 0.4) is 0 Å². The van der Waals surface area contributed by atoms with Crippen LogP contribution in [0, 0.1) is 6.92 Å². The largest absolute Gasteiger partial charge is 0.504 e. The predicted octanol–water partition coefficient (Wildman–Crippen LogP) is 4.24. The van der Waals surface area contributed by atoms with Gasteiger partial charge in [0.1, 0.15) is 0 Å². The molecule has 29 heavy (non-hydrogen) atoms. The fourth-order valence-electron chi connectivity index (χ4n) is 3.34. The molecule has 0 saturated carbocycles. The maximum atomic E-state index is 10.3. The number of phenolic OH excluding ortho intramolecular Hbond substituents is 2. The number of benzene rings is 2. The summed E-state index contributed by atoms with van der Waals surface area (Å²) >= 11 is 0. The molecule has 0 heterocycles. The van der Waals surface area contributed by atoms with E-state index in [1.54, 1.807) is 13.0 Å². The molecular weight excluding hydrogens is 366 g/mol. The van der Waals surface area contributed by atoms with Crippen LogP contribution in [-0.2, 0) is 11.2 Å². The van der Waals surface area contributed by atoms with E-state index < -0.39 is 6.10 Å². The number of ether oxygens (including phenoxy) is 1. The molecule has 2 rings (SSSR count). The molecule has 4 N–H and O–H groups in total. The van der Waals surface area contributed by atoms with Crippen molar-refractivity contribution in [1.82, 2.24) is 5.32 Å². The van der Waals surface area contributed by atoms with Crippen molar-refractivity contribution in [1.29, 1.82) is 0 Å². The summed E-state index contributed by atoms with van der Waals surface area (Å²) in [5, 5.41) is 32.7. The molecular formula is C24H35NO4. The topological polar surface area (TPSA) is 82.0 Å². The molecule has 0 spiro atoms. The lowest BCUT2D eigenvalue weighted by atomic mass is 10.0. The van der Waals surface area contributed by atoms with Crippen LogP contribution in [0.2, 0.25) is 0 Å². The fourth-order valence-corrected chi connectivity index (χ4v) is 3.34. The predicted molar refractivity (Wildman–Crippen MR) is 116 cm³/mol. The molecule has 1 atom stereocenters. The third-order valence-corrected chi connectivity index (χ3v) is 5.14. The zero-order valence-electron chi connectivity index (χ0n) is 17.4. The van der Waals surface area contributed by atoms with Crippen LogP contribution in [0.15, 0.2) is 42.5 Å². The average molecular weight is 402 g/mol. The van der Waals surface area contributed by atoms with Gasteiger partial charge in [0.15, 0.2) is 11.5 Å². The number of hydrogen-bond donors (Lipinski definition) is 4. The SMILES string of the molecule is Cc1c(C(O)CNCCCCCCOCCCc2ccccc2)ccc(O)c1O. The molecule has 0 amide bonds. The Morgan fingerprint density at radius 3 is 2.41 bits per heavy atom. The highest BCUT2D eigenvalue weighted by Gasteiger charge is 2.14. The maximum absolute atomic E-state index is 10.3. The Morgan fingerprint density at radius 1 is 0.897 bits per heavy atom. The number of nitrogens with one attached hydrogen (secondary N) is 1. The molecule has 2 aromatic carbocycles. The van der Waals surface area contributed by atoms with Gasteiger partial charge in [0.2, 0.25) is 0 Å². The summed E-state index contributed by atoms with van der Waals surface area (Å²) in [6.07, 6.45) is 5.85. The van der Waals surface area contributed by atoms with E-state index >= 15 is 0 Å². The van der Waals surface area contributed by atoms with Gasteiger partial charge in [0, 0.05) is 25.3 Å². The Balaban J connectivity index is 1.43. The number of aliphatic hydroxyl groups is 1. The van der Waals surface area contributed by atoms with Crippen LogP contribution < -0.4 is 5.32 Å². The van der Waals surface area contributed by atoms with E-state index in [2.05, 4.69) is 29.6 Å². The lowest BCUT2D eigenvalue weighted by Gasteiger charge is -2.16. The highest BCUT2D eigenvalue weighted by molar-refractivity contribution is 5.48. The summed E-state index contributed by atoms with van der Waals surface area (Å²) in [5.41, 5.74) is 2.52. The third kappa shape index (κ3) is 8.44. The molecule has 0 fully saturated rings. The monoisotopic (exact) mass is 401 g/mol. The lowest BCUT2D eigenvalue weighted by molar-refractivity contribution is 0.127. The molecule has 5 heteroatoms. The molecule has 2 aromatic rings. The molecule has 0 aromatic heterocycles. The van der Waals surface area contributed by atoms with E-state index in [1.807, 2.05) is 6.07 Å². The van der Waals surface area contributed by atoms with E-state index in [-0.39, 0.29) is 11.5 Å². The van der Waals surface area contributed by atoms with Gasteiger partial charge in [-0.1, -0.05) is 49.2 Å². The van der Waals surface area contributed by atoms with Gasteiger partial charge in [-0.25, -0.2) is 0 Å². The minimum Gasteiger partial charge on any atom is -0.504 e. The molecule has 160 valence electrons. The van der Waals surface area contributed by atoms with E-state index in [9.17, 15) is 15.3 Å². The standard InChI is InChI=1S/C24H35NO4/c1-19-21(13-14-22(26)24(19)28)23(27)18-25-15-7-2-3-8-16-29-17-9-12-20-10-5-4-6-11-20/h4-6,10-11,13-14,23,25-28H,2-3,7-9,12,15-18H2,1H3. The number of aromatic hydroxyl groups is 2. The molecule has 0 bridgehead atoms. The van der Waals surface area contributed by atoms with Crippen LogP contribution in [0.25, 0.3) is 0 Å². The quantitative estimate of drug-likeness (QED) is 0.281. The fraction of sp³-hybridized carbons (Fsp3) is 0.500. The van der Waals surface area contributed by atoms with Crippen LogP contribution in [0.4, 0.5) is 0 Å². The minimum atomic E-state index is -0.703. The summed E-state index contributed by atoms with van der Waals surface area (Å²) < 4.78 is 5.71. The van der Waals surface area contributed by atoms with Crippen molar-refractivity contribution >= 4 is 0 Å². The van der Waals surface area contributed by atoms with Crippen LogP contribution in [0.1, 0.15) is 54.9 Å². The van der Waals surface area contributed by atoms with Gasteiger partial charge in [-0.2, -0.15) is 0 Å². The molecule has 0 saturated heterocycles. The van der Waals surface area contributed by atoms with Gasteiger partial charge >= 0.3 is 0 Å². The summed E-state index contributed by atoms with van der Waals surface area (Å²) in [7, 11) is 0. The first-order chi connectivity index (χ1) is 14.1. The van der Waals surface area contributed by atoms with E-state index in [0.717, 1.165) is 58.3 Å². The van der Waals surface area contributed by atoms with Gasteiger partial charge in [-0.15, -0.1) is 0 Å². The average Bonchev–Trinajstić information content (AvgIpc) is 2.73. The molecule has 0 aliphatic rings. The van der Waals surface area contributed by atoms with Gasteiger partial charge in [-0.3, -0.25) is 0 Å². The Labute approximate surface area is 174 Å². The van der Waals surface area contributed by atoms with Crippen molar-refractivity contribution in [3.8, 4) is 11.5 Å². The first-order valence-electron chi connectivity index (χ1n) is 10.6. The smallest absolute Gasteiger partial charge is 0.160 e. The van der Waals surface area contributed by atoms with Gasteiger partial charge in [-0.05, 0) is 56.3 Å². The van der Waals surface area contributed by atoms with Crippen LogP contribution in [0.5, 0.6) is 11.5 Å². The molecule has 1 unspecified atom stereocenters. The number of aliphatic hydroxyl groups excluding tert-OH is 1. The summed E-state index contributed by atoms with van der Waals surface area (Å²) in [5.74, 6) is -0.324.